The Morgan fingerprint density at radius 1 is 1.27 bits per heavy atom. The minimum Gasteiger partial charge on any atom is -0.349 e. The first kappa shape index (κ1) is 8.75. The fraction of sp³-hybridized carbons (Fsp3) is 0.778. The first-order valence-corrected chi connectivity index (χ1v) is 4.31. The summed E-state index contributed by atoms with van der Waals surface area (Å²) in [4.78, 5) is 0. The van der Waals surface area contributed by atoms with Crippen LogP contribution in [0.4, 0.5) is 0 Å². The van der Waals surface area contributed by atoms with Crippen molar-refractivity contribution < 1.29 is 9.47 Å². The molecule has 1 aliphatic rings. The van der Waals surface area contributed by atoms with Gasteiger partial charge in [0.1, 0.15) is 0 Å². The molecule has 1 aliphatic heterocycles. The average molecular weight is 156 g/mol. The lowest BCUT2D eigenvalue weighted by Crippen LogP contribution is -2.15. The van der Waals surface area contributed by atoms with Gasteiger partial charge >= 0.3 is 0 Å². The van der Waals surface area contributed by atoms with Gasteiger partial charge in [0.15, 0.2) is 6.29 Å². The summed E-state index contributed by atoms with van der Waals surface area (Å²) in [7, 11) is 0. The van der Waals surface area contributed by atoms with Gasteiger partial charge in [0.2, 0.25) is 0 Å². The average Bonchev–Trinajstić information content (AvgIpc) is 2.28. The Bertz CT molecular complexity index is 111. The van der Waals surface area contributed by atoms with Gasteiger partial charge in [-0.1, -0.05) is 25.5 Å². The molecule has 0 aromatic rings. The Morgan fingerprint density at radius 2 is 1.91 bits per heavy atom. The zero-order chi connectivity index (χ0) is 7.94. The Kier molecular flexibility index (Phi) is 4.24. The maximum absolute atomic E-state index is 5.40. The van der Waals surface area contributed by atoms with Crippen molar-refractivity contribution in [3.05, 3.63) is 12.2 Å². The molecule has 0 aromatic carbocycles. The maximum atomic E-state index is 5.40. The topological polar surface area (TPSA) is 18.5 Å². The Balaban J connectivity index is 2.13. The first-order valence-electron chi connectivity index (χ1n) is 4.31. The molecule has 0 N–H and O–H groups in total. The number of hydrogen-bond acceptors (Lipinski definition) is 2. The van der Waals surface area contributed by atoms with Crippen LogP contribution in [0.5, 0.6) is 0 Å². The maximum Gasteiger partial charge on any atom is 0.158 e. The Hall–Kier alpha value is -0.340. The number of unbranched alkanes of at least 4 members (excludes halogenated alkanes) is 1. The highest BCUT2D eigenvalue weighted by Gasteiger charge is 2.08. The van der Waals surface area contributed by atoms with Crippen molar-refractivity contribution in [2.75, 3.05) is 13.2 Å². The summed E-state index contributed by atoms with van der Waals surface area (Å²) >= 11 is 0. The van der Waals surface area contributed by atoms with Crippen LogP contribution in [0.25, 0.3) is 0 Å². The highest BCUT2D eigenvalue weighted by molar-refractivity contribution is 4.83. The lowest BCUT2D eigenvalue weighted by molar-refractivity contribution is -0.126. The molecule has 0 aromatic heterocycles. The SMILES string of the molecule is CCCCC1OCC=CCO1. The lowest BCUT2D eigenvalue weighted by atomic mass is 10.2. The van der Waals surface area contributed by atoms with Crippen molar-refractivity contribution >= 4 is 0 Å². The molecule has 1 rings (SSSR count). The summed E-state index contributed by atoms with van der Waals surface area (Å²) in [5.74, 6) is 0. The van der Waals surface area contributed by atoms with Gasteiger partial charge in [0.05, 0.1) is 13.2 Å². The van der Waals surface area contributed by atoms with E-state index in [1.165, 1.54) is 12.8 Å². The van der Waals surface area contributed by atoms with E-state index in [4.69, 9.17) is 9.47 Å². The third-order valence-corrected chi connectivity index (χ3v) is 1.72. The largest absolute Gasteiger partial charge is 0.349 e. The molecule has 0 aliphatic carbocycles. The third-order valence-electron chi connectivity index (χ3n) is 1.72. The van der Waals surface area contributed by atoms with Gasteiger partial charge in [-0.15, -0.1) is 0 Å². The van der Waals surface area contributed by atoms with Crippen LogP contribution in [0.15, 0.2) is 12.2 Å². The van der Waals surface area contributed by atoms with Crippen LogP contribution in [-0.2, 0) is 9.47 Å². The Morgan fingerprint density at radius 3 is 2.45 bits per heavy atom. The molecule has 2 heteroatoms. The zero-order valence-corrected chi connectivity index (χ0v) is 7.08. The van der Waals surface area contributed by atoms with Gasteiger partial charge < -0.3 is 9.47 Å². The van der Waals surface area contributed by atoms with Gasteiger partial charge in [-0.2, -0.15) is 0 Å². The molecule has 0 fully saturated rings. The quantitative estimate of drug-likeness (QED) is 0.582. The fourth-order valence-electron chi connectivity index (χ4n) is 1.05. The monoisotopic (exact) mass is 156 g/mol. The molecule has 0 saturated carbocycles. The van der Waals surface area contributed by atoms with Crippen molar-refractivity contribution in [1.82, 2.24) is 0 Å². The summed E-state index contributed by atoms with van der Waals surface area (Å²) < 4.78 is 10.8. The predicted octanol–water partition coefficient (Wildman–Crippen LogP) is 2.11. The van der Waals surface area contributed by atoms with Crippen molar-refractivity contribution in [2.45, 2.75) is 32.5 Å². The first-order chi connectivity index (χ1) is 5.43. The van der Waals surface area contributed by atoms with Gasteiger partial charge in [0, 0.05) is 0 Å². The molecule has 0 saturated heterocycles. The second-order valence-corrected chi connectivity index (χ2v) is 2.71. The van der Waals surface area contributed by atoms with Crippen LogP contribution in [0.2, 0.25) is 0 Å². The van der Waals surface area contributed by atoms with E-state index in [0.717, 1.165) is 6.42 Å². The number of hydrogen-bond donors (Lipinski definition) is 0. The smallest absolute Gasteiger partial charge is 0.158 e. The van der Waals surface area contributed by atoms with Gasteiger partial charge in [-0.25, -0.2) is 0 Å². The van der Waals surface area contributed by atoms with E-state index in [2.05, 4.69) is 6.92 Å². The van der Waals surface area contributed by atoms with Crippen LogP contribution in [0.3, 0.4) is 0 Å². The van der Waals surface area contributed by atoms with Crippen LogP contribution in [0.1, 0.15) is 26.2 Å². The normalized spacial score (nSPS) is 20.1. The van der Waals surface area contributed by atoms with Gasteiger partial charge in [0.25, 0.3) is 0 Å². The summed E-state index contributed by atoms with van der Waals surface area (Å²) in [6, 6.07) is 0. The van der Waals surface area contributed by atoms with E-state index in [1.54, 1.807) is 0 Å². The molecule has 0 amide bonds. The van der Waals surface area contributed by atoms with E-state index in [1.807, 2.05) is 12.2 Å². The molecule has 0 atom stereocenters. The molecule has 64 valence electrons. The Labute approximate surface area is 68.2 Å². The van der Waals surface area contributed by atoms with E-state index in [0.29, 0.717) is 13.2 Å². The van der Waals surface area contributed by atoms with E-state index >= 15 is 0 Å². The van der Waals surface area contributed by atoms with E-state index in [9.17, 15) is 0 Å². The fourth-order valence-corrected chi connectivity index (χ4v) is 1.05. The van der Waals surface area contributed by atoms with Crippen molar-refractivity contribution in [3.8, 4) is 0 Å². The van der Waals surface area contributed by atoms with Gasteiger partial charge in [-0.3, -0.25) is 0 Å². The highest BCUT2D eigenvalue weighted by Crippen LogP contribution is 2.08. The predicted molar refractivity (Wildman–Crippen MR) is 44.4 cm³/mol. The summed E-state index contributed by atoms with van der Waals surface area (Å²) in [5, 5.41) is 0. The summed E-state index contributed by atoms with van der Waals surface area (Å²) in [6.07, 6.45) is 7.46. The lowest BCUT2D eigenvalue weighted by Gasteiger charge is -2.14. The minimum atomic E-state index is 0.0324. The summed E-state index contributed by atoms with van der Waals surface area (Å²) in [6.45, 7) is 3.58. The zero-order valence-electron chi connectivity index (χ0n) is 7.08. The second kappa shape index (κ2) is 5.33. The molecule has 0 bridgehead atoms. The third kappa shape index (κ3) is 3.54. The van der Waals surface area contributed by atoms with Crippen LogP contribution in [-0.4, -0.2) is 19.5 Å². The summed E-state index contributed by atoms with van der Waals surface area (Å²) in [5.41, 5.74) is 0. The van der Waals surface area contributed by atoms with E-state index in [-0.39, 0.29) is 6.29 Å². The molecule has 11 heavy (non-hydrogen) atoms. The molecule has 2 nitrogen and oxygen atoms in total. The van der Waals surface area contributed by atoms with Crippen molar-refractivity contribution in [3.63, 3.8) is 0 Å². The van der Waals surface area contributed by atoms with E-state index < -0.39 is 0 Å². The second-order valence-electron chi connectivity index (χ2n) is 2.71. The number of rotatable bonds is 3. The molecular weight excluding hydrogens is 140 g/mol. The molecule has 0 unspecified atom stereocenters. The molecule has 0 spiro atoms. The standard InChI is InChI=1S/C9H16O2/c1-2-3-6-9-10-7-4-5-8-11-9/h4-5,9H,2-3,6-8H2,1H3. The number of ether oxygens (including phenoxy) is 2. The minimum absolute atomic E-state index is 0.0324. The van der Waals surface area contributed by atoms with Crippen molar-refractivity contribution in [1.29, 1.82) is 0 Å². The van der Waals surface area contributed by atoms with Crippen LogP contribution >= 0.6 is 0 Å². The van der Waals surface area contributed by atoms with Crippen LogP contribution in [0, 0.1) is 0 Å². The molecule has 0 radical (unpaired) electrons. The molecule has 1 heterocycles. The highest BCUT2D eigenvalue weighted by atomic mass is 16.7. The van der Waals surface area contributed by atoms with Gasteiger partial charge in [-0.05, 0) is 12.8 Å². The van der Waals surface area contributed by atoms with Crippen molar-refractivity contribution in [2.24, 2.45) is 0 Å². The molecular formula is C9H16O2. The van der Waals surface area contributed by atoms with Crippen LogP contribution < -0.4 is 0 Å².